The maximum atomic E-state index is 12.3. The zero-order chi connectivity index (χ0) is 21.4. The van der Waals surface area contributed by atoms with Crippen molar-refractivity contribution >= 4 is 17.2 Å². The Morgan fingerprint density at radius 3 is 2.84 bits per heavy atom. The van der Waals surface area contributed by atoms with Crippen LogP contribution in [0.2, 0.25) is 0 Å². The predicted molar refractivity (Wildman–Crippen MR) is 116 cm³/mol. The van der Waals surface area contributed by atoms with E-state index in [4.69, 9.17) is 11.6 Å². The standard InChI is InChI=1S/C22H24N8O/c23-19(22(31)26-9-15-1-5-20-25-7-8-28(20)10-15)14-30(24)13-18-12-29-11-17(16-2-3-16)4-6-21(29)27-18/h1,4-8,10-12,14,16H,2-3,9,13,23-24H2,(H,26,31)/b19-14-. The van der Waals surface area contributed by atoms with Crippen molar-refractivity contribution in [2.75, 3.05) is 0 Å². The Morgan fingerprint density at radius 2 is 2.00 bits per heavy atom. The molecular formula is C22H24N8O. The van der Waals surface area contributed by atoms with Gasteiger partial charge in [-0.05, 0) is 42.0 Å². The van der Waals surface area contributed by atoms with Gasteiger partial charge in [0, 0.05) is 43.7 Å². The maximum Gasteiger partial charge on any atom is 0.268 e. The molecule has 4 aromatic rings. The van der Waals surface area contributed by atoms with Gasteiger partial charge in [-0.3, -0.25) is 4.79 Å². The monoisotopic (exact) mass is 416 g/mol. The fourth-order valence-corrected chi connectivity index (χ4v) is 3.62. The summed E-state index contributed by atoms with van der Waals surface area (Å²) in [5.41, 5.74) is 10.8. The van der Waals surface area contributed by atoms with Gasteiger partial charge in [0.15, 0.2) is 0 Å². The number of amides is 1. The molecule has 9 nitrogen and oxygen atoms in total. The highest BCUT2D eigenvalue weighted by Crippen LogP contribution is 2.39. The minimum Gasteiger partial charge on any atom is -0.393 e. The molecule has 4 heterocycles. The third kappa shape index (κ3) is 4.22. The highest BCUT2D eigenvalue weighted by atomic mass is 16.2. The van der Waals surface area contributed by atoms with E-state index in [1.54, 1.807) is 6.20 Å². The number of hydrogen-bond acceptors (Lipinski definition) is 6. The Balaban J connectivity index is 1.19. The molecule has 0 radical (unpaired) electrons. The van der Waals surface area contributed by atoms with Crippen LogP contribution in [0.5, 0.6) is 0 Å². The summed E-state index contributed by atoms with van der Waals surface area (Å²) in [6.07, 6.45) is 13.5. The molecule has 31 heavy (non-hydrogen) atoms. The molecule has 1 aliphatic carbocycles. The number of carbonyl (C=O) groups is 1. The van der Waals surface area contributed by atoms with E-state index >= 15 is 0 Å². The normalized spacial score (nSPS) is 14.3. The van der Waals surface area contributed by atoms with Gasteiger partial charge in [-0.1, -0.05) is 12.1 Å². The molecule has 1 aliphatic rings. The Morgan fingerprint density at radius 1 is 1.16 bits per heavy atom. The summed E-state index contributed by atoms with van der Waals surface area (Å²) in [6.45, 7) is 0.688. The van der Waals surface area contributed by atoms with Crippen LogP contribution in [0.4, 0.5) is 0 Å². The fourth-order valence-electron chi connectivity index (χ4n) is 3.62. The molecule has 1 saturated carbocycles. The van der Waals surface area contributed by atoms with E-state index < -0.39 is 0 Å². The summed E-state index contributed by atoms with van der Waals surface area (Å²) >= 11 is 0. The second kappa shape index (κ2) is 7.77. The lowest BCUT2D eigenvalue weighted by Gasteiger charge is -2.13. The summed E-state index contributed by atoms with van der Waals surface area (Å²) in [5, 5.41) is 4.17. The molecule has 4 aromatic heterocycles. The summed E-state index contributed by atoms with van der Waals surface area (Å²) < 4.78 is 3.92. The van der Waals surface area contributed by atoms with Gasteiger partial charge < -0.3 is 24.9 Å². The Labute approximate surface area is 179 Å². The van der Waals surface area contributed by atoms with Crippen LogP contribution < -0.4 is 16.9 Å². The molecule has 0 unspecified atom stereocenters. The van der Waals surface area contributed by atoms with E-state index in [2.05, 4.69) is 27.5 Å². The molecule has 9 heteroatoms. The van der Waals surface area contributed by atoms with Gasteiger partial charge in [0.25, 0.3) is 5.91 Å². The summed E-state index contributed by atoms with van der Waals surface area (Å²) in [4.78, 5) is 21.1. The van der Waals surface area contributed by atoms with Crippen molar-refractivity contribution in [1.29, 1.82) is 0 Å². The van der Waals surface area contributed by atoms with Crippen LogP contribution >= 0.6 is 0 Å². The van der Waals surface area contributed by atoms with Crippen molar-refractivity contribution in [1.82, 2.24) is 29.1 Å². The van der Waals surface area contributed by atoms with E-state index in [0.29, 0.717) is 19.0 Å². The SMILES string of the molecule is N/C(=C\N(N)Cc1cn2cc(C3CC3)ccc2n1)C(=O)NCc1ccc2nccn2c1. The van der Waals surface area contributed by atoms with E-state index in [1.165, 1.54) is 29.6 Å². The Hall–Kier alpha value is -3.85. The topological polar surface area (TPSA) is 119 Å². The molecule has 158 valence electrons. The number of fused-ring (bicyclic) bond motifs is 2. The molecule has 0 bridgehead atoms. The first-order valence-corrected chi connectivity index (χ1v) is 10.2. The lowest BCUT2D eigenvalue weighted by atomic mass is 10.2. The lowest BCUT2D eigenvalue weighted by molar-refractivity contribution is -0.117. The predicted octanol–water partition coefficient (Wildman–Crippen LogP) is 1.65. The van der Waals surface area contributed by atoms with E-state index in [0.717, 1.165) is 22.6 Å². The number of hydrogen-bond donors (Lipinski definition) is 3. The number of rotatable bonds is 7. The lowest BCUT2D eigenvalue weighted by Crippen LogP contribution is -2.32. The average molecular weight is 416 g/mol. The molecule has 0 spiro atoms. The van der Waals surface area contributed by atoms with Gasteiger partial charge in [-0.2, -0.15) is 0 Å². The molecule has 0 aliphatic heterocycles. The number of nitrogens with zero attached hydrogens (tertiary/aromatic N) is 5. The zero-order valence-corrected chi connectivity index (χ0v) is 17.0. The smallest absolute Gasteiger partial charge is 0.268 e. The van der Waals surface area contributed by atoms with Crippen LogP contribution in [0, 0.1) is 0 Å². The minimum absolute atomic E-state index is 0.0333. The van der Waals surface area contributed by atoms with Crippen LogP contribution in [-0.4, -0.2) is 29.7 Å². The molecule has 1 fully saturated rings. The number of pyridine rings is 2. The molecule has 5 N–H and O–H groups in total. The summed E-state index contributed by atoms with van der Waals surface area (Å²) in [6, 6.07) is 7.97. The van der Waals surface area contributed by atoms with Crippen LogP contribution in [0.15, 0.2) is 67.1 Å². The average Bonchev–Trinajstić information content (AvgIpc) is 3.37. The molecule has 0 saturated heterocycles. The number of nitrogens with two attached hydrogens (primary N) is 2. The summed E-state index contributed by atoms with van der Waals surface area (Å²) in [7, 11) is 0. The van der Waals surface area contributed by atoms with Gasteiger partial charge in [-0.25, -0.2) is 15.8 Å². The fraction of sp³-hybridized carbons (Fsp3) is 0.227. The number of hydrazine groups is 1. The van der Waals surface area contributed by atoms with Crippen molar-refractivity contribution < 1.29 is 4.79 Å². The van der Waals surface area contributed by atoms with Gasteiger partial charge >= 0.3 is 0 Å². The largest absolute Gasteiger partial charge is 0.393 e. The van der Waals surface area contributed by atoms with Crippen LogP contribution in [-0.2, 0) is 17.9 Å². The van der Waals surface area contributed by atoms with Gasteiger partial charge in [-0.15, -0.1) is 0 Å². The second-order valence-electron chi connectivity index (χ2n) is 7.90. The van der Waals surface area contributed by atoms with Crippen molar-refractivity contribution in [3.05, 3.63) is 84.0 Å². The first-order valence-electron chi connectivity index (χ1n) is 10.2. The Bertz CT molecular complexity index is 1280. The maximum absolute atomic E-state index is 12.3. The summed E-state index contributed by atoms with van der Waals surface area (Å²) in [5.74, 6) is 6.35. The van der Waals surface area contributed by atoms with Crippen molar-refractivity contribution in [2.45, 2.75) is 31.8 Å². The Kier molecular flexibility index (Phi) is 4.79. The van der Waals surface area contributed by atoms with Crippen LogP contribution in [0.3, 0.4) is 0 Å². The van der Waals surface area contributed by atoms with E-state index in [-0.39, 0.29) is 11.6 Å². The third-order valence-electron chi connectivity index (χ3n) is 5.39. The number of aromatic nitrogens is 4. The molecule has 1 amide bonds. The van der Waals surface area contributed by atoms with Crippen LogP contribution in [0.25, 0.3) is 11.3 Å². The quantitative estimate of drug-likeness (QED) is 0.239. The van der Waals surface area contributed by atoms with Gasteiger partial charge in [0.05, 0.1) is 12.2 Å². The third-order valence-corrected chi connectivity index (χ3v) is 5.39. The zero-order valence-electron chi connectivity index (χ0n) is 17.0. The van der Waals surface area contributed by atoms with E-state index in [9.17, 15) is 4.79 Å². The van der Waals surface area contributed by atoms with Crippen molar-refractivity contribution in [3.63, 3.8) is 0 Å². The molecule has 0 aromatic carbocycles. The molecular weight excluding hydrogens is 392 g/mol. The highest BCUT2D eigenvalue weighted by molar-refractivity contribution is 5.92. The first-order chi connectivity index (χ1) is 15.0. The first kappa shape index (κ1) is 19.1. The van der Waals surface area contributed by atoms with Crippen molar-refractivity contribution in [3.8, 4) is 0 Å². The molecule has 5 rings (SSSR count). The number of carbonyl (C=O) groups excluding carboxylic acids is 1. The van der Waals surface area contributed by atoms with Gasteiger partial charge in [0.2, 0.25) is 0 Å². The van der Waals surface area contributed by atoms with Crippen LogP contribution in [0.1, 0.15) is 35.6 Å². The minimum atomic E-state index is -0.384. The van der Waals surface area contributed by atoms with E-state index in [1.807, 2.05) is 45.6 Å². The number of nitrogens with one attached hydrogen (secondary N) is 1. The molecule has 0 atom stereocenters. The number of imidazole rings is 2. The highest BCUT2D eigenvalue weighted by Gasteiger charge is 2.23. The van der Waals surface area contributed by atoms with Gasteiger partial charge in [0.1, 0.15) is 17.0 Å². The van der Waals surface area contributed by atoms with Crippen molar-refractivity contribution in [2.24, 2.45) is 11.6 Å². The second-order valence-corrected chi connectivity index (χ2v) is 7.90.